The van der Waals surface area contributed by atoms with Crippen molar-refractivity contribution in [2.75, 3.05) is 5.75 Å². The number of carboxylic acid groups (broad SMARTS) is 1. The Bertz CT molecular complexity index is 521. The fourth-order valence-corrected chi connectivity index (χ4v) is 3.01. The normalized spacial score (nSPS) is 16.6. The first-order valence-electron chi connectivity index (χ1n) is 6.77. The molecule has 1 aromatic rings. The molecule has 7 nitrogen and oxygen atoms in total. The maximum absolute atomic E-state index is 11.6. The van der Waals surface area contributed by atoms with Crippen molar-refractivity contribution in [2.45, 2.75) is 56.4 Å². The van der Waals surface area contributed by atoms with Crippen molar-refractivity contribution < 1.29 is 9.90 Å². The van der Waals surface area contributed by atoms with E-state index in [1.807, 2.05) is 13.8 Å². The number of carboxylic acids is 1. The maximum Gasteiger partial charge on any atom is 0.344 e. The van der Waals surface area contributed by atoms with E-state index in [0.717, 1.165) is 12.8 Å². The molecular formula is C12H20N4O3S. The Kier molecular flexibility index (Phi) is 4.87. The molecule has 1 aliphatic rings. The number of nitrogens with zero attached hydrogens (tertiary/aromatic N) is 2. The summed E-state index contributed by atoms with van der Waals surface area (Å²) < 4.78 is 1.68. The molecule has 1 heterocycles. The molecule has 20 heavy (non-hydrogen) atoms. The van der Waals surface area contributed by atoms with E-state index < -0.39 is 12.0 Å². The van der Waals surface area contributed by atoms with Crippen LogP contribution in [0, 0.1) is 0 Å². The molecule has 0 bridgehead atoms. The Morgan fingerprint density at radius 2 is 2.30 bits per heavy atom. The van der Waals surface area contributed by atoms with E-state index >= 15 is 0 Å². The summed E-state index contributed by atoms with van der Waals surface area (Å²) in [5.74, 6) is -0.242. The molecule has 3 N–H and O–H groups in total. The third-order valence-corrected chi connectivity index (χ3v) is 4.04. The predicted molar refractivity (Wildman–Crippen MR) is 76.2 cm³/mol. The smallest absolute Gasteiger partial charge is 0.344 e. The van der Waals surface area contributed by atoms with Crippen molar-refractivity contribution in [3.05, 3.63) is 10.5 Å². The number of H-pyrrole nitrogens is 1. The lowest BCUT2D eigenvalue weighted by atomic mass is 10.2. The third-order valence-electron chi connectivity index (χ3n) is 3.05. The molecule has 2 rings (SSSR count). The molecule has 0 radical (unpaired) electrons. The molecule has 1 aliphatic carbocycles. The molecule has 0 aliphatic heterocycles. The minimum Gasteiger partial charge on any atom is -0.480 e. The lowest BCUT2D eigenvalue weighted by molar-refractivity contribution is -0.139. The van der Waals surface area contributed by atoms with E-state index in [4.69, 9.17) is 5.11 Å². The molecule has 0 amide bonds. The number of carbonyl (C=O) groups is 1. The number of aromatic amines is 1. The quantitative estimate of drug-likeness (QED) is 0.615. The molecule has 0 spiro atoms. The lowest BCUT2D eigenvalue weighted by Gasteiger charge is -2.16. The van der Waals surface area contributed by atoms with Gasteiger partial charge in [-0.1, -0.05) is 25.6 Å². The standard InChI is InChI=1S/C12H20N4O3S/c1-7(2)13-9(10(17)18)5-6-20-12-15-14-11(19)16(12)8-3-4-8/h7-9,13H,3-6H2,1-2H3,(H,14,19)(H,17,18). The van der Waals surface area contributed by atoms with Crippen molar-refractivity contribution in [2.24, 2.45) is 0 Å². The largest absolute Gasteiger partial charge is 0.480 e. The van der Waals surface area contributed by atoms with Gasteiger partial charge in [-0.15, -0.1) is 5.10 Å². The van der Waals surface area contributed by atoms with Crippen molar-refractivity contribution in [1.29, 1.82) is 0 Å². The minimum absolute atomic E-state index is 0.121. The van der Waals surface area contributed by atoms with Gasteiger partial charge < -0.3 is 10.4 Å². The number of hydrogen-bond donors (Lipinski definition) is 3. The van der Waals surface area contributed by atoms with E-state index in [2.05, 4.69) is 15.5 Å². The topological polar surface area (TPSA) is 100 Å². The summed E-state index contributed by atoms with van der Waals surface area (Å²) in [5.41, 5.74) is -0.176. The molecule has 1 aromatic heterocycles. The van der Waals surface area contributed by atoms with E-state index in [0.29, 0.717) is 17.3 Å². The molecule has 1 fully saturated rings. The first-order valence-corrected chi connectivity index (χ1v) is 7.76. The van der Waals surface area contributed by atoms with Crippen LogP contribution in [0.15, 0.2) is 9.95 Å². The second-order valence-corrected chi connectivity index (χ2v) is 6.32. The van der Waals surface area contributed by atoms with Gasteiger partial charge in [-0.3, -0.25) is 9.36 Å². The predicted octanol–water partition coefficient (Wildman–Crippen LogP) is 0.840. The lowest BCUT2D eigenvalue weighted by Crippen LogP contribution is -2.41. The van der Waals surface area contributed by atoms with E-state index in [-0.39, 0.29) is 17.8 Å². The summed E-state index contributed by atoms with van der Waals surface area (Å²) >= 11 is 1.43. The van der Waals surface area contributed by atoms with Crippen LogP contribution in [0.1, 0.15) is 39.2 Å². The van der Waals surface area contributed by atoms with Gasteiger partial charge in [0, 0.05) is 17.8 Å². The van der Waals surface area contributed by atoms with Gasteiger partial charge in [0.05, 0.1) is 0 Å². The first-order chi connectivity index (χ1) is 9.49. The van der Waals surface area contributed by atoms with Crippen LogP contribution in [0.2, 0.25) is 0 Å². The van der Waals surface area contributed by atoms with Gasteiger partial charge in [0.15, 0.2) is 5.16 Å². The van der Waals surface area contributed by atoms with Crippen LogP contribution in [0.4, 0.5) is 0 Å². The van der Waals surface area contributed by atoms with Gasteiger partial charge in [0.1, 0.15) is 6.04 Å². The van der Waals surface area contributed by atoms with Crippen LogP contribution in [0.5, 0.6) is 0 Å². The molecule has 1 unspecified atom stereocenters. The molecule has 1 saturated carbocycles. The second kappa shape index (κ2) is 6.45. The summed E-state index contributed by atoms with van der Waals surface area (Å²) in [5, 5.41) is 19.3. The van der Waals surface area contributed by atoms with Crippen LogP contribution >= 0.6 is 11.8 Å². The van der Waals surface area contributed by atoms with Crippen molar-refractivity contribution in [3.8, 4) is 0 Å². The number of rotatable bonds is 8. The average Bonchev–Trinajstić information content (AvgIpc) is 3.12. The van der Waals surface area contributed by atoms with Crippen LogP contribution in [0.3, 0.4) is 0 Å². The van der Waals surface area contributed by atoms with Crippen LogP contribution in [-0.4, -0.2) is 43.7 Å². The molecular weight excluding hydrogens is 280 g/mol. The van der Waals surface area contributed by atoms with Crippen LogP contribution in [-0.2, 0) is 4.79 Å². The fraction of sp³-hybridized carbons (Fsp3) is 0.750. The number of nitrogens with one attached hydrogen (secondary N) is 2. The Morgan fingerprint density at radius 1 is 1.60 bits per heavy atom. The Balaban J connectivity index is 1.88. The fourth-order valence-electron chi connectivity index (χ4n) is 2.00. The van der Waals surface area contributed by atoms with Crippen molar-refractivity contribution in [1.82, 2.24) is 20.1 Å². The molecule has 112 valence electrons. The summed E-state index contributed by atoms with van der Waals surface area (Å²) in [6.45, 7) is 3.84. The number of thioether (sulfide) groups is 1. The zero-order valence-corrected chi connectivity index (χ0v) is 12.4. The zero-order valence-electron chi connectivity index (χ0n) is 11.6. The van der Waals surface area contributed by atoms with Gasteiger partial charge in [-0.05, 0) is 19.3 Å². The zero-order chi connectivity index (χ0) is 14.7. The highest BCUT2D eigenvalue weighted by Gasteiger charge is 2.28. The monoisotopic (exact) mass is 300 g/mol. The number of hydrogen-bond acceptors (Lipinski definition) is 5. The van der Waals surface area contributed by atoms with Crippen LogP contribution in [0.25, 0.3) is 0 Å². The molecule has 0 aromatic carbocycles. The molecule has 8 heteroatoms. The summed E-state index contributed by atoms with van der Waals surface area (Å²) in [4.78, 5) is 22.7. The summed E-state index contributed by atoms with van der Waals surface area (Å²) in [7, 11) is 0. The second-order valence-electron chi connectivity index (χ2n) is 5.26. The Hall–Kier alpha value is -1.28. The average molecular weight is 300 g/mol. The van der Waals surface area contributed by atoms with Crippen molar-refractivity contribution in [3.63, 3.8) is 0 Å². The highest BCUT2D eigenvalue weighted by Crippen LogP contribution is 2.36. The molecule has 1 atom stereocenters. The highest BCUT2D eigenvalue weighted by atomic mass is 32.2. The van der Waals surface area contributed by atoms with Gasteiger partial charge in [-0.25, -0.2) is 9.89 Å². The highest BCUT2D eigenvalue weighted by molar-refractivity contribution is 7.99. The Labute approximate surface area is 121 Å². The van der Waals surface area contributed by atoms with E-state index in [9.17, 15) is 9.59 Å². The SMILES string of the molecule is CC(C)NC(CCSc1n[nH]c(=O)n1C1CC1)C(=O)O. The maximum atomic E-state index is 11.6. The van der Waals surface area contributed by atoms with E-state index in [1.165, 1.54) is 11.8 Å². The third kappa shape index (κ3) is 3.86. The number of aromatic nitrogens is 3. The van der Waals surface area contributed by atoms with Gasteiger partial charge in [0.25, 0.3) is 0 Å². The first kappa shape index (κ1) is 15.1. The van der Waals surface area contributed by atoms with E-state index in [1.54, 1.807) is 4.57 Å². The molecule has 0 saturated heterocycles. The van der Waals surface area contributed by atoms with Crippen molar-refractivity contribution >= 4 is 17.7 Å². The van der Waals surface area contributed by atoms with Gasteiger partial charge in [-0.2, -0.15) is 0 Å². The summed E-state index contributed by atoms with van der Waals surface area (Å²) in [6.07, 6.45) is 2.52. The summed E-state index contributed by atoms with van der Waals surface area (Å²) in [6, 6.07) is -0.175. The van der Waals surface area contributed by atoms with Crippen LogP contribution < -0.4 is 11.0 Å². The number of aliphatic carboxylic acids is 1. The van der Waals surface area contributed by atoms with Gasteiger partial charge >= 0.3 is 11.7 Å². The Morgan fingerprint density at radius 3 is 2.85 bits per heavy atom. The van der Waals surface area contributed by atoms with Gasteiger partial charge in [0.2, 0.25) is 0 Å². The minimum atomic E-state index is -0.846.